The number of aryl methyl sites for hydroxylation is 1. The maximum absolute atomic E-state index is 12.4. The molecule has 0 saturated carbocycles. The Bertz CT molecular complexity index is 1160. The zero-order valence-corrected chi connectivity index (χ0v) is 16.9. The summed E-state index contributed by atoms with van der Waals surface area (Å²) in [5, 5.41) is 6.81. The molecule has 7 heteroatoms. The van der Waals surface area contributed by atoms with Crippen molar-refractivity contribution in [3.05, 3.63) is 90.3 Å². The summed E-state index contributed by atoms with van der Waals surface area (Å²) in [5.41, 5.74) is 2.14. The second-order valence-electron chi connectivity index (χ2n) is 6.77. The van der Waals surface area contributed by atoms with Crippen LogP contribution >= 0.6 is 0 Å². The molecule has 0 atom stereocenters. The van der Waals surface area contributed by atoms with Crippen LogP contribution in [0, 0.1) is 6.92 Å². The highest BCUT2D eigenvalue weighted by Crippen LogP contribution is 2.26. The lowest BCUT2D eigenvalue weighted by Gasteiger charge is -2.11. The number of amides is 1. The van der Waals surface area contributed by atoms with E-state index >= 15 is 0 Å². The minimum atomic E-state index is -0.289. The van der Waals surface area contributed by atoms with E-state index in [1.807, 2.05) is 73.7 Å². The van der Waals surface area contributed by atoms with E-state index in [2.05, 4.69) is 15.5 Å². The number of carbonyl (C=O) groups excluding carboxylic acids is 1. The molecule has 1 heterocycles. The summed E-state index contributed by atoms with van der Waals surface area (Å²) < 4.78 is 16.6. The van der Waals surface area contributed by atoms with E-state index in [9.17, 15) is 4.79 Å². The predicted molar refractivity (Wildman–Crippen MR) is 116 cm³/mol. The number of ether oxygens (including phenoxy) is 2. The fourth-order valence-corrected chi connectivity index (χ4v) is 2.91. The van der Waals surface area contributed by atoms with Gasteiger partial charge < -0.3 is 19.3 Å². The Morgan fingerprint density at radius 1 is 0.935 bits per heavy atom. The Kier molecular flexibility index (Phi) is 6.23. The van der Waals surface area contributed by atoms with Gasteiger partial charge in [0.25, 0.3) is 11.8 Å². The highest BCUT2D eigenvalue weighted by Gasteiger charge is 2.15. The normalized spacial score (nSPS) is 10.5. The first-order valence-electron chi connectivity index (χ1n) is 9.77. The summed E-state index contributed by atoms with van der Waals surface area (Å²) in [5.74, 6) is 1.80. The van der Waals surface area contributed by atoms with E-state index in [1.165, 1.54) is 0 Å². The van der Waals surface area contributed by atoms with Crippen molar-refractivity contribution in [3.63, 3.8) is 0 Å². The van der Waals surface area contributed by atoms with E-state index in [0.29, 0.717) is 28.7 Å². The molecule has 0 aliphatic heterocycles. The van der Waals surface area contributed by atoms with Gasteiger partial charge in [0.2, 0.25) is 5.82 Å². The van der Waals surface area contributed by atoms with Crippen molar-refractivity contribution in [1.29, 1.82) is 0 Å². The van der Waals surface area contributed by atoms with Gasteiger partial charge in [-0.3, -0.25) is 4.79 Å². The van der Waals surface area contributed by atoms with Crippen LogP contribution in [0.3, 0.4) is 0 Å². The third-order valence-corrected chi connectivity index (χ3v) is 4.46. The van der Waals surface area contributed by atoms with E-state index in [1.54, 1.807) is 12.1 Å². The second kappa shape index (κ2) is 9.58. The molecule has 0 spiro atoms. The Balaban J connectivity index is 1.41. The maximum Gasteiger partial charge on any atom is 0.262 e. The zero-order valence-electron chi connectivity index (χ0n) is 16.9. The minimum absolute atomic E-state index is 0.112. The van der Waals surface area contributed by atoms with Crippen molar-refractivity contribution in [2.45, 2.75) is 13.5 Å². The van der Waals surface area contributed by atoms with E-state index in [0.717, 1.165) is 11.3 Å². The Morgan fingerprint density at radius 3 is 2.52 bits per heavy atom. The fraction of sp³-hybridized carbons (Fsp3) is 0.125. The quantitative estimate of drug-likeness (QED) is 0.451. The molecule has 1 aromatic heterocycles. The molecular weight excluding hydrogens is 394 g/mol. The lowest BCUT2D eigenvalue weighted by Crippen LogP contribution is -2.20. The van der Waals surface area contributed by atoms with Crippen LogP contribution in [0.5, 0.6) is 11.5 Å². The number of hydrogen-bond donors (Lipinski definition) is 1. The molecule has 0 aliphatic carbocycles. The topological polar surface area (TPSA) is 86.5 Å². The second-order valence-corrected chi connectivity index (χ2v) is 6.77. The number of nitrogens with zero attached hydrogens (tertiary/aromatic N) is 2. The van der Waals surface area contributed by atoms with Crippen LogP contribution < -0.4 is 14.8 Å². The lowest BCUT2D eigenvalue weighted by atomic mass is 10.1. The SMILES string of the molecule is Cc1ccccc1OCC(=O)Nc1ccccc1-c1nc(COc2ccccc2)no1. The van der Waals surface area contributed by atoms with Crippen molar-refractivity contribution >= 4 is 11.6 Å². The Hall–Kier alpha value is -4.13. The van der Waals surface area contributed by atoms with Crippen molar-refractivity contribution in [3.8, 4) is 23.0 Å². The van der Waals surface area contributed by atoms with Crippen LogP contribution in [0.2, 0.25) is 0 Å². The molecule has 1 amide bonds. The molecule has 3 aromatic carbocycles. The van der Waals surface area contributed by atoms with Crippen LogP contribution in [-0.2, 0) is 11.4 Å². The number of carbonyl (C=O) groups is 1. The smallest absolute Gasteiger partial charge is 0.262 e. The highest BCUT2D eigenvalue weighted by molar-refractivity contribution is 5.95. The summed E-state index contributed by atoms with van der Waals surface area (Å²) >= 11 is 0. The molecule has 4 rings (SSSR count). The van der Waals surface area contributed by atoms with Gasteiger partial charge in [0, 0.05) is 0 Å². The Labute approximate surface area is 179 Å². The van der Waals surface area contributed by atoms with Crippen molar-refractivity contribution in [2.24, 2.45) is 0 Å². The molecule has 31 heavy (non-hydrogen) atoms. The van der Waals surface area contributed by atoms with Gasteiger partial charge in [0.15, 0.2) is 13.2 Å². The number of nitrogens with one attached hydrogen (secondary N) is 1. The molecule has 0 radical (unpaired) electrons. The maximum atomic E-state index is 12.4. The monoisotopic (exact) mass is 415 g/mol. The van der Waals surface area contributed by atoms with Crippen LogP contribution in [0.25, 0.3) is 11.5 Å². The van der Waals surface area contributed by atoms with Gasteiger partial charge in [-0.15, -0.1) is 0 Å². The molecular formula is C24H21N3O4. The van der Waals surface area contributed by atoms with Gasteiger partial charge in [0.05, 0.1) is 11.3 Å². The summed E-state index contributed by atoms with van der Waals surface area (Å²) in [6, 6.07) is 24.1. The van der Waals surface area contributed by atoms with E-state index < -0.39 is 0 Å². The van der Waals surface area contributed by atoms with Crippen LogP contribution in [-0.4, -0.2) is 22.7 Å². The van der Waals surface area contributed by atoms with Crippen molar-refractivity contribution in [2.75, 3.05) is 11.9 Å². The first-order valence-corrected chi connectivity index (χ1v) is 9.77. The number of aromatic nitrogens is 2. The van der Waals surface area contributed by atoms with Gasteiger partial charge >= 0.3 is 0 Å². The lowest BCUT2D eigenvalue weighted by molar-refractivity contribution is -0.118. The predicted octanol–water partition coefficient (Wildman–Crippen LogP) is 4.64. The standard InChI is InChI=1S/C24H21N3O4/c1-17-9-5-8-14-21(17)30-16-23(28)25-20-13-7-6-12-19(20)24-26-22(27-31-24)15-29-18-10-3-2-4-11-18/h2-14H,15-16H2,1H3,(H,25,28). The Morgan fingerprint density at radius 2 is 1.68 bits per heavy atom. The molecule has 0 fully saturated rings. The summed E-state index contributed by atoms with van der Waals surface area (Å²) in [4.78, 5) is 16.8. The van der Waals surface area contributed by atoms with Crippen molar-refractivity contribution in [1.82, 2.24) is 10.1 Å². The van der Waals surface area contributed by atoms with Crippen LogP contribution in [0.15, 0.2) is 83.4 Å². The van der Waals surface area contributed by atoms with Gasteiger partial charge in [0.1, 0.15) is 11.5 Å². The molecule has 7 nitrogen and oxygen atoms in total. The average Bonchev–Trinajstić information content (AvgIpc) is 3.27. The van der Waals surface area contributed by atoms with Gasteiger partial charge in [-0.1, -0.05) is 53.7 Å². The van der Waals surface area contributed by atoms with Crippen molar-refractivity contribution < 1.29 is 18.8 Å². The number of anilines is 1. The average molecular weight is 415 g/mol. The fourth-order valence-electron chi connectivity index (χ4n) is 2.91. The first-order chi connectivity index (χ1) is 15.2. The van der Waals surface area contributed by atoms with E-state index in [-0.39, 0.29) is 19.1 Å². The minimum Gasteiger partial charge on any atom is -0.485 e. The zero-order chi connectivity index (χ0) is 21.5. The number of benzene rings is 3. The third-order valence-electron chi connectivity index (χ3n) is 4.46. The van der Waals surface area contributed by atoms with Gasteiger partial charge in [-0.2, -0.15) is 4.98 Å². The number of para-hydroxylation sites is 3. The van der Waals surface area contributed by atoms with Gasteiger partial charge in [-0.25, -0.2) is 0 Å². The molecule has 0 bridgehead atoms. The number of hydrogen-bond acceptors (Lipinski definition) is 6. The van der Waals surface area contributed by atoms with Crippen LogP contribution in [0.1, 0.15) is 11.4 Å². The molecule has 4 aromatic rings. The summed E-state index contributed by atoms with van der Waals surface area (Å²) in [7, 11) is 0. The third kappa shape index (κ3) is 5.27. The van der Waals surface area contributed by atoms with Gasteiger partial charge in [-0.05, 0) is 42.8 Å². The molecule has 0 unspecified atom stereocenters. The first kappa shape index (κ1) is 20.2. The number of rotatable bonds is 8. The molecule has 0 saturated heterocycles. The largest absolute Gasteiger partial charge is 0.485 e. The summed E-state index contributed by atoms with van der Waals surface area (Å²) in [6.07, 6.45) is 0. The molecule has 0 aliphatic rings. The molecule has 156 valence electrons. The summed E-state index contributed by atoms with van der Waals surface area (Å²) in [6.45, 7) is 1.99. The van der Waals surface area contributed by atoms with Crippen LogP contribution in [0.4, 0.5) is 5.69 Å². The molecule has 1 N–H and O–H groups in total. The van der Waals surface area contributed by atoms with E-state index in [4.69, 9.17) is 14.0 Å². The highest BCUT2D eigenvalue weighted by atomic mass is 16.5.